The van der Waals surface area contributed by atoms with E-state index in [1.54, 1.807) is 41.7 Å². The summed E-state index contributed by atoms with van der Waals surface area (Å²) in [6.07, 6.45) is 6.21. The van der Waals surface area contributed by atoms with Crippen molar-refractivity contribution in [3.05, 3.63) is 54.4 Å². The maximum atomic E-state index is 13.8. The van der Waals surface area contributed by atoms with Gasteiger partial charge in [-0.1, -0.05) is 12.1 Å². The molecule has 2 amide bonds. The molecule has 0 bridgehead atoms. The van der Waals surface area contributed by atoms with Crippen LogP contribution in [0.4, 0.5) is 9.18 Å². The van der Waals surface area contributed by atoms with Gasteiger partial charge in [0, 0.05) is 43.7 Å². The van der Waals surface area contributed by atoms with E-state index in [-0.39, 0.29) is 23.8 Å². The minimum absolute atomic E-state index is 0.0107. The number of aromatic nitrogens is 2. The van der Waals surface area contributed by atoms with Crippen molar-refractivity contribution >= 4 is 17.0 Å². The lowest BCUT2D eigenvalue weighted by molar-refractivity contribution is 0.106. The maximum Gasteiger partial charge on any atom is 0.317 e. The van der Waals surface area contributed by atoms with Gasteiger partial charge in [0.25, 0.3) is 0 Å². The first-order valence-corrected chi connectivity index (χ1v) is 9.26. The Morgan fingerprint density at radius 3 is 2.89 bits per heavy atom. The van der Waals surface area contributed by atoms with Crippen molar-refractivity contribution in [2.45, 2.75) is 31.9 Å². The van der Waals surface area contributed by atoms with Crippen molar-refractivity contribution in [3.63, 3.8) is 0 Å². The average molecular weight is 384 g/mol. The van der Waals surface area contributed by atoms with Crippen molar-refractivity contribution in [2.75, 3.05) is 13.1 Å². The van der Waals surface area contributed by atoms with E-state index in [1.807, 2.05) is 6.92 Å². The number of hydrogen-bond donors (Lipinski definition) is 1. The quantitative estimate of drug-likeness (QED) is 0.742. The number of ether oxygens (including phenoxy) is 1. The summed E-state index contributed by atoms with van der Waals surface area (Å²) < 4.78 is 25.2. The summed E-state index contributed by atoms with van der Waals surface area (Å²) in [5, 5.41) is 3.60. The van der Waals surface area contributed by atoms with Gasteiger partial charge in [0.15, 0.2) is 11.4 Å². The fraction of sp³-hybridized carbons (Fsp3) is 0.350. The molecule has 146 valence electrons. The summed E-state index contributed by atoms with van der Waals surface area (Å²) >= 11 is 0. The number of piperidine rings is 1. The number of nitrogens with zero attached hydrogens (tertiary/aromatic N) is 3. The molecule has 1 aliphatic rings. The van der Waals surface area contributed by atoms with Crippen LogP contribution >= 0.6 is 0 Å². The standard InChI is InChI=1S/C20H21FN4O3/c1-13(17-11-14-3-2-4-16(21)19(14)28-17)24-20(26)25-9-5-15(6-10-25)27-18-12-22-7-8-23-18/h2-4,7-8,11-13,15H,5-6,9-10H2,1H3,(H,24,26)/t13-/m0/s1. The fourth-order valence-corrected chi connectivity index (χ4v) is 3.30. The number of urea groups is 1. The third-order valence-electron chi connectivity index (χ3n) is 4.84. The zero-order valence-electron chi connectivity index (χ0n) is 15.5. The molecule has 3 aromatic rings. The van der Waals surface area contributed by atoms with E-state index < -0.39 is 5.82 Å². The molecule has 1 aliphatic heterocycles. The number of hydrogen-bond acceptors (Lipinski definition) is 5. The third kappa shape index (κ3) is 3.90. The Kier molecular flexibility index (Phi) is 5.10. The Morgan fingerprint density at radius 1 is 1.36 bits per heavy atom. The van der Waals surface area contributed by atoms with Crippen LogP contribution in [0.25, 0.3) is 11.0 Å². The number of nitrogens with one attached hydrogen (secondary N) is 1. The highest BCUT2D eigenvalue weighted by Crippen LogP contribution is 2.26. The number of para-hydroxylation sites is 1. The van der Waals surface area contributed by atoms with E-state index in [0.717, 1.165) is 0 Å². The maximum absolute atomic E-state index is 13.8. The molecule has 4 rings (SSSR count). The zero-order valence-corrected chi connectivity index (χ0v) is 15.5. The Morgan fingerprint density at radius 2 is 2.18 bits per heavy atom. The minimum atomic E-state index is -0.410. The summed E-state index contributed by atoms with van der Waals surface area (Å²) in [4.78, 5) is 22.4. The minimum Gasteiger partial charge on any atom is -0.473 e. The first kappa shape index (κ1) is 18.2. The second-order valence-corrected chi connectivity index (χ2v) is 6.83. The summed E-state index contributed by atoms with van der Waals surface area (Å²) in [7, 11) is 0. The van der Waals surface area contributed by atoms with Crippen LogP contribution in [0.2, 0.25) is 0 Å². The topological polar surface area (TPSA) is 80.5 Å². The van der Waals surface area contributed by atoms with E-state index in [4.69, 9.17) is 9.15 Å². The van der Waals surface area contributed by atoms with Crippen molar-refractivity contribution < 1.29 is 18.3 Å². The molecule has 2 aromatic heterocycles. The van der Waals surface area contributed by atoms with Crippen LogP contribution in [-0.4, -0.2) is 40.1 Å². The Hall–Kier alpha value is -3.16. The van der Waals surface area contributed by atoms with Crippen LogP contribution in [0.5, 0.6) is 5.88 Å². The summed E-state index contributed by atoms with van der Waals surface area (Å²) in [6, 6.07) is 5.98. The Bertz CT molecular complexity index is 954. The number of likely N-dealkylation sites (tertiary alicyclic amines) is 1. The number of rotatable bonds is 4. The average Bonchev–Trinajstić information content (AvgIpc) is 3.15. The molecule has 1 saturated heterocycles. The molecular formula is C20H21FN4O3. The molecule has 1 atom stereocenters. The first-order valence-electron chi connectivity index (χ1n) is 9.26. The molecule has 7 nitrogen and oxygen atoms in total. The smallest absolute Gasteiger partial charge is 0.317 e. The van der Waals surface area contributed by atoms with Gasteiger partial charge in [-0.2, -0.15) is 0 Å². The lowest BCUT2D eigenvalue weighted by Gasteiger charge is -2.32. The monoisotopic (exact) mass is 384 g/mol. The van der Waals surface area contributed by atoms with Gasteiger partial charge < -0.3 is 19.4 Å². The van der Waals surface area contributed by atoms with Crippen LogP contribution in [0.1, 0.15) is 31.6 Å². The number of amides is 2. The van der Waals surface area contributed by atoms with Gasteiger partial charge in [-0.25, -0.2) is 14.2 Å². The van der Waals surface area contributed by atoms with Gasteiger partial charge in [0.1, 0.15) is 11.9 Å². The molecule has 1 fully saturated rings. The molecule has 28 heavy (non-hydrogen) atoms. The van der Waals surface area contributed by atoms with Crippen molar-refractivity contribution in [1.29, 1.82) is 0 Å². The normalized spacial score (nSPS) is 16.1. The van der Waals surface area contributed by atoms with Gasteiger partial charge in [0.2, 0.25) is 5.88 Å². The van der Waals surface area contributed by atoms with Gasteiger partial charge in [0.05, 0.1) is 12.2 Å². The predicted molar refractivity (Wildman–Crippen MR) is 100 cm³/mol. The van der Waals surface area contributed by atoms with Crippen molar-refractivity contribution in [2.24, 2.45) is 0 Å². The van der Waals surface area contributed by atoms with Gasteiger partial charge in [-0.05, 0) is 19.1 Å². The van der Waals surface area contributed by atoms with Gasteiger partial charge >= 0.3 is 6.03 Å². The molecule has 0 spiro atoms. The lowest BCUT2D eigenvalue weighted by Crippen LogP contribution is -2.47. The van der Waals surface area contributed by atoms with E-state index in [1.165, 1.54) is 6.07 Å². The van der Waals surface area contributed by atoms with E-state index in [2.05, 4.69) is 15.3 Å². The highest BCUT2D eigenvalue weighted by Gasteiger charge is 2.26. The van der Waals surface area contributed by atoms with Crippen molar-refractivity contribution in [3.8, 4) is 5.88 Å². The predicted octanol–water partition coefficient (Wildman–Crippen LogP) is 3.68. The van der Waals surface area contributed by atoms with Crippen LogP contribution in [0.3, 0.4) is 0 Å². The number of carbonyl (C=O) groups excluding carboxylic acids is 1. The molecule has 0 aliphatic carbocycles. The molecule has 0 saturated carbocycles. The Balaban J connectivity index is 1.32. The lowest BCUT2D eigenvalue weighted by atomic mass is 10.1. The van der Waals surface area contributed by atoms with Crippen LogP contribution in [0.15, 0.2) is 47.3 Å². The van der Waals surface area contributed by atoms with Crippen LogP contribution < -0.4 is 10.1 Å². The second kappa shape index (κ2) is 7.84. The molecular weight excluding hydrogens is 363 g/mol. The highest BCUT2D eigenvalue weighted by atomic mass is 19.1. The number of furan rings is 1. The summed E-state index contributed by atoms with van der Waals surface area (Å²) in [5.74, 6) is 0.609. The van der Waals surface area contributed by atoms with Gasteiger partial charge in [-0.3, -0.25) is 4.98 Å². The molecule has 8 heteroatoms. The van der Waals surface area contributed by atoms with E-state index in [9.17, 15) is 9.18 Å². The van der Waals surface area contributed by atoms with Crippen LogP contribution in [-0.2, 0) is 0 Å². The number of halogens is 1. The number of fused-ring (bicyclic) bond motifs is 1. The van der Waals surface area contributed by atoms with Crippen molar-refractivity contribution in [1.82, 2.24) is 20.2 Å². The summed E-state index contributed by atoms with van der Waals surface area (Å²) in [5.41, 5.74) is 0.209. The SMILES string of the molecule is C[C@H](NC(=O)N1CCC(Oc2cnccn2)CC1)c1cc2cccc(F)c2o1. The first-order chi connectivity index (χ1) is 13.6. The molecule has 1 N–H and O–H groups in total. The zero-order chi connectivity index (χ0) is 19.5. The summed E-state index contributed by atoms with van der Waals surface area (Å²) in [6.45, 7) is 2.98. The molecule has 0 unspecified atom stereocenters. The largest absolute Gasteiger partial charge is 0.473 e. The number of benzene rings is 1. The van der Waals surface area contributed by atoms with E-state index in [0.29, 0.717) is 43.0 Å². The Labute approximate surface area is 161 Å². The van der Waals surface area contributed by atoms with E-state index >= 15 is 0 Å². The van der Waals surface area contributed by atoms with Crippen LogP contribution in [0, 0.1) is 5.82 Å². The molecule has 3 heterocycles. The third-order valence-corrected chi connectivity index (χ3v) is 4.84. The van der Waals surface area contributed by atoms with Gasteiger partial charge in [-0.15, -0.1) is 0 Å². The molecule has 1 aromatic carbocycles. The highest BCUT2D eigenvalue weighted by molar-refractivity contribution is 5.79. The fourth-order valence-electron chi connectivity index (χ4n) is 3.30. The second-order valence-electron chi connectivity index (χ2n) is 6.83. The number of carbonyl (C=O) groups is 1. The molecule has 0 radical (unpaired) electrons.